The number of halogens is 2. The van der Waals surface area contributed by atoms with E-state index >= 15 is 0 Å². The van der Waals surface area contributed by atoms with Gasteiger partial charge in [0.05, 0.1) is 0 Å². The van der Waals surface area contributed by atoms with Gasteiger partial charge in [-0.1, -0.05) is 29.8 Å². The summed E-state index contributed by atoms with van der Waals surface area (Å²) >= 11 is 3.50. The van der Waals surface area contributed by atoms with Crippen LogP contribution in [0.3, 0.4) is 0 Å². The van der Waals surface area contributed by atoms with E-state index < -0.39 is 28.9 Å². The molecule has 0 radical (unpaired) electrons. The Hall–Kier alpha value is 0.250. The highest BCUT2D eigenvalue weighted by Crippen LogP contribution is 2.63. The van der Waals surface area contributed by atoms with Crippen molar-refractivity contribution in [3.8, 4) is 0 Å². The lowest BCUT2D eigenvalue weighted by Crippen LogP contribution is -2.72. The van der Waals surface area contributed by atoms with Gasteiger partial charge < -0.3 is 9.47 Å². The Bertz CT molecular complexity index is 479. The first-order valence-corrected chi connectivity index (χ1v) is 9.11. The van der Waals surface area contributed by atoms with Gasteiger partial charge >= 0.3 is 0 Å². The third-order valence-electron chi connectivity index (χ3n) is 6.54. The molecular formula is C16H24BrFO4. The fraction of sp³-hybridized carbons (Fsp3) is 1.00. The number of alkyl halides is 2. The first-order chi connectivity index (χ1) is 10.3. The fourth-order valence-corrected chi connectivity index (χ4v) is 5.61. The Morgan fingerprint density at radius 3 is 2.59 bits per heavy atom. The summed E-state index contributed by atoms with van der Waals surface area (Å²) in [6.45, 7) is 5.61. The maximum atomic E-state index is 13.7. The van der Waals surface area contributed by atoms with Gasteiger partial charge in [0, 0.05) is 18.3 Å². The molecule has 126 valence electrons. The minimum Gasteiger partial charge on any atom is -0.329 e. The number of ether oxygens (including phenoxy) is 2. The minimum absolute atomic E-state index is 0.0154. The van der Waals surface area contributed by atoms with Crippen molar-refractivity contribution in [1.29, 1.82) is 0 Å². The lowest BCUT2D eigenvalue weighted by atomic mass is 9.57. The van der Waals surface area contributed by atoms with Crippen LogP contribution in [-0.4, -0.2) is 28.9 Å². The summed E-state index contributed by atoms with van der Waals surface area (Å²) in [5.41, 5.74) is -0.612. The van der Waals surface area contributed by atoms with Gasteiger partial charge in [-0.2, -0.15) is 0 Å². The smallest absolute Gasteiger partial charge is 0.201 e. The molecule has 0 amide bonds. The molecule has 5 aliphatic rings. The van der Waals surface area contributed by atoms with Gasteiger partial charge in [-0.15, -0.1) is 0 Å². The number of hydrogen-bond acceptors (Lipinski definition) is 4. The van der Waals surface area contributed by atoms with E-state index in [9.17, 15) is 4.39 Å². The second kappa shape index (κ2) is 4.88. The van der Waals surface area contributed by atoms with Gasteiger partial charge in [-0.3, -0.25) is 0 Å². The van der Waals surface area contributed by atoms with Crippen molar-refractivity contribution < 1.29 is 23.6 Å². The van der Waals surface area contributed by atoms with Crippen LogP contribution in [0.5, 0.6) is 0 Å². The summed E-state index contributed by atoms with van der Waals surface area (Å²) < 4.78 is 25.0. The lowest BCUT2D eigenvalue weighted by Gasteiger charge is -2.62. The van der Waals surface area contributed by atoms with Gasteiger partial charge in [-0.25, -0.2) is 14.2 Å². The second-order valence-electron chi connectivity index (χ2n) is 7.74. The number of rotatable bonds is 1. The van der Waals surface area contributed by atoms with Crippen molar-refractivity contribution in [2.45, 2.75) is 68.6 Å². The molecule has 0 aromatic carbocycles. The van der Waals surface area contributed by atoms with Crippen molar-refractivity contribution in [3.05, 3.63) is 0 Å². The molecule has 1 saturated carbocycles. The van der Waals surface area contributed by atoms with Crippen LogP contribution < -0.4 is 0 Å². The van der Waals surface area contributed by atoms with E-state index in [0.29, 0.717) is 11.8 Å². The molecule has 6 heteroatoms. The van der Waals surface area contributed by atoms with Crippen LogP contribution in [0.15, 0.2) is 0 Å². The molecule has 2 bridgehead atoms. The van der Waals surface area contributed by atoms with Gasteiger partial charge in [0.15, 0.2) is 16.4 Å². The zero-order valence-corrected chi connectivity index (χ0v) is 14.9. The van der Waals surface area contributed by atoms with Gasteiger partial charge in [0.25, 0.3) is 0 Å². The molecule has 0 aromatic heterocycles. The van der Waals surface area contributed by atoms with E-state index in [1.54, 1.807) is 0 Å². The molecular weight excluding hydrogens is 355 g/mol. The molecule has 4 nitrogen and oxygen atoms in total. The lowest BCUT2D eigenvalue weighted by molar-refractivity contribution is -0.572. The van der Waals surface area contributed by atoms with Crippen LogP contribution in [-0.2, 0) is 19.2 Å². The maximum Gasteiger partial charge on any atom is 0.201 e. The Morgan fingerprint density at radius 2 is 1.86 bits per heavy atom. The molecule has 5 rings (SSSR count). The summed E-state index contributed by atoms with van der Waals surface area (Å²) in [5.74, 6) is 0.182. The summed E-state index contributed by atoms with van der Waals surface area (Å²) in [6, 6.07) is 0. The van der Waals surface area contributed by atoms with Crippen molar-refractivity contribution >= 4 is 15.9 Å². The van der Waals surface area contributed by atoms with Crippen molar-refractivity contribution in [2.24, 2.45) is 23.7 Å². The zero-order valence-electron chi connectivity index (χ0n) is 13.3. The molecule has 4 heterocycles. The highest BCUT2D eigenvalue weighted by molar-refractivity contribution is 9.10. The molecule has 1 unspecified atom stereocenters. The highest BCUT2D eigenvalue weighted by Gasteiger charge is 2.71. The highest BCUT2D eigenvalue weighted by atomic mass is 79.9. The van der Waals surface area contributed by atoms with Crippen LogP contribution in [0.2, 0.25) is 0 Å². The van der Waals surface area contributed by atoms with Gasteiger partial charge in [0.1, 0.15) is 6.67 Å². The van der Waals surface area contributed by atoms with Crippen LogP contribution in [0.25, 0.3) is 0 Å². The Balaban J connectivity index is 1.82. The molecule has 0 N–H and O–H groups in total. The van der Waals surface area contributed by atoms with E-state index in [0.717, 1.165) is 25.7 Å². The van der Waals surface area contributed by atoms with E-state index in [4.69, 9.17) is 19.2 Å². The zero-order chi connectivity index (χ0) is 15.8. The number of hydrogen-bond donors (Lipinski definition) is 0. The first-order valence-electron chi connectivity index (χ1n) is 8.32. The molecule has 4 saturated heterocycles. The predicted octanol–water partition coefficient (Wildman–Crippen LogP) is 3.93. The molecule has 5 fully saturated rings. The fourth-order valence-electron chi connectivity index (χ4n) is 5.12. The van der Waals surface area contributed by atoms with Crippen LogP contribution in [0.1, 0.15) is 46.5 Å². The normalized spacial score (nSPS) is 60.7. The average molecular weight is 379 g/mol. The molecule has 1 spiro atoms. The van der Waals surface area contributed by atoms with Gasteiger partial charge in [0.2, 0.25) is 5.79 Å². The molecule has 4 aliphatic heterocycles. The summed E-state index contributed by atoms with van der Waals surface area (Å²) in [5, 5.41) is 0. The maximum absolute atomic E-state index is 13.7. The van der Waals surface area contributed by atoms with E-state index in [-0.39, 0.29) is 11.8 Å². The monoisotopic (exact) mass is 378 g/mol. The third-order valence-corrected chi connectivity index (χ3v) is 7.67. The quantitative estimate of drug-likeness (QED) is 0.511. The summed E-state index contributed by atoms with van der Waals surface area (Å²) in [4.78, 5) is 11.7. The molecule has 22 heavy (non-hydrogen) atoms. The van der Waals surface area contributed by atoms with E-state index in [1.165, 1.54) is 0 Å². The van der Waals surface area contributed by atoms with Crippen LogP contribution >= 0.6 is 15.9 Å². The average Bonchev–Trinajstić information content (AvgIpc) is 2.71. The summed E-state index contributed by atoms with van der Waals surface area (Å²) in [7, 11) is 0. The Morgan fingerprint density at radius 1 is 1.09 bits per heavy atom. The van der Waals surface area contributed by atoms with Gasteiger partial charge in [-0.05, 0) is 38.0 Å². The minimum atomic E-state index is -0.997. The molecule has 8 atom stereocenters. The van der Waals surface area contributed by atoms with E-state index in [1.807, 2.05) is 13.8 Å². The predicted molar refractivity (Wildman–Crippen MR) is 80.7 cm³/mol. The standard InChI is InChI=1S/C16H24BrFO4/c1-9-4-5-12-10(2)15(17,8-18)20-13-16(12)11(9)6-7-14(3,19-13)21-22-16/h9-13H,4-8H2,1-3H3/t9-,10-,11?,12+,13+,14+,15+,16-/m1/s1. The Kier molecular flexibility index (Phi) is 3.50. The van der Waals surface area contributed by atoms with Crippen molar-refractivity contribution in [2.75, 3.05) is 6.67 Å². The Labute approximate surface area is 139 Å². The van der Waals surface area contributed by atoms with Crippen LogP contribution in [0.4, 0.5) is 4.39 Å². The molecule has 1 aliphatic carbocycles. The molecule has 0 aromatic rings. The number of fused-ring (bicyclic) bond motifs is 2. The largest absolute Gasteiger partial charge is 0.329 e. The summed E-state index contributed by atoms with van der Waals surface area (Å²) in [6.07, 6.45) is 3.29. The van der Waals surface area contributed by atoms with Crippen LogP contribution in [0, 0.1) is 23.7 Å². The topological polar surface area (TPSA) is 36.9 Å². The van der Waals surface area contributed by atoms with E-state index in [2.05, 4.69) is 22.9 Å². The first kappa shape index (κ1) is 15.8. The SMILES string of the molecule is C[C@@H]1CC[C@H]2[C@@H](C)[C@](Br)(CF)O[C@@H]3O[C@]4(C)CCC1[C@]32OO4. The second-order valence-corrected chi connectivity index (χ2v) is 9.08. The van der Waals surface area contributed by atoms with Crippen molar-refractivity contribution in [3.63, 3.8) is 0 Å². The third kappa shape index (κ3) is 1.88. The van der Waals surface area contributed by atoms with Crippen molar-refractivity contribution in [1.82, 2.24) is 0 Å².